The van der Waals surface area contributed by atoms with Gasteiger partial charge in [0.15, 0.2) is 0 Å². The van der Waals surface area contributed by atoms with Crippen molar-refractivity contribution in [3.63, 3.8) is 0 Å². The third-order valence-electron chi connectivity index (χ3n) is 3.17. The summed E-state index contributed by atoms with van der Waals surface area (Å²) in [5.41, 5.74) is 0. The summed E-state index contributed by atoms with van der Waals surface area (Å²) in [6, 6.07) is 4.04. The molecular formula is C13H19N3O2S. The third-order valence-corrected chi connectivity index (χ3v) is 4.15. The van der Waals surface area contributed by atoms with Crippen molar-refractivity contribution in [2.45, 2.75) is 25.8 Å². The number of nitrogens with zero attached hydrogens (tertiary/aromatic N) is 1. The van der Waals surface area contributed by atoms with Gasteiger partial charge in [0.2, 0.25) is 5.91 Å². The van der Waals surface area contributed by atoms with Gasteiger partial charge in [-0.05, 0) is 37.8 Å². The molecule has 0 bridgehead atoms. The third kappa shape index (κ3) is 3.78. The molecule has 2 N–H and O–H groups in total. The fourth-order valence-electron chi connectivity index (χ4n) is 2.37. The van der Waals surface area contributed by atoms with Crippen molar-refractivity contribution in [1.82, 2.24) is 15.5 Å². The molecule has 0 spiro atoms. The Labute approximate surface area is 117 Å². The fraction of sp³-hybridized carbons (Fsp3) is 0.538. The summed E-state index contributed by atoms with van der Waals surface area (Å²) in [5, 5.41) is 6.96. The molecule has 104 valence electrons. The lowest BCUT2D eigenvalue weighted by Gasteiger charge is -2.22. The minimum atomic E-state index is -0.417. The van der Waals surface area contributed by atoms with E-state index in [-0.39, 0.29) is 12.5 Å². The van der Waals surface area contributed by atoms with Gasteiger partial charge in [-0.3, -0.25) is 15.0 Å². The Bertz CT molecular complexity index is 433. The number of nitrogens with one attached hydrogen (secondary N) is 2. The van der Waals surface area contributed by atoms with Crippen molar-refractivity contribution in [3.05, 3.63) is 22.4 Å². The van der Waals surface area contributed by atoms with E-state index in [1.165, 1.54) is 4.88 Å². The zero-order valence-corrected chi connectivity index (χ0v) is 11.8. The number of hydrogen-bond donors (Lipinski definition) is 2. The number of hydrogen-bond acceptors (Lipinski definition) is 4. The van der Waals surface area contributed by atoms with Gasteiger partial charge in [0, 0.05) is 17.5 Å². The van der Waals surface area contributed by atoms with E-state index < -0.39 is 6.03 Å². The standard InChI is InChI=1S/C13H19N3O2S/c1-2-14-13(18)15-12(17)9-16-7-3-5-10(16)11-6-4-8-19-11/h4,6,8,10H,2-3,5,7,9H2,1H3,(H2,14,15,17,18). The molecule has 2 rings (SSSR count). The molecule has 1 aliphatic heterocycles. The lowest BCUT2D eigenvalue weighted by atomic mass is 10.2. The summed E-state index contributed by atoms with van der Waals surface area (Å²) in [7, 11) is 0. The van der Waals surface area contributed by atoms with Crippen LogP contribution in [-0.2, 0) is 4.79 Å². The number of amides is 3. The van der Waals surface area contributed by atoms with Gasteiger partial charge in [-0.2, -0.15) is 0 Å². The fourth-order valence-corrected chi connectivity index (χ4v) is 3.27. The first-order valence-corrected chi connectivity index (χ1v) is 7.43. The summed E-state index contributed by atoms with van der Waals surface area (Å²) in [6.45, 7) is 3.52. The maximum atomic E-state index is 11.8. The van der Waals surface area contributed by atoms with Crippen LogP contribution < -0.4 is 10.6 Å². The molecular weight excluding hydrogens is 262 g/mol. The highest BCUT2D eigenvalue weighted by Gasteiger charge is 2.28. The van der Waals surface area contributed by atoms with Crippen molar-refractivity contribution < 1.29 is 9.59 Å². The molecule has 1 fully saturated rings. The van der Waals surface area contributed by atoms with E-state index in [9.17, 15) is 9.59 Å². The highest BCUT2D eigenvalue weighted by molar-refractivity contribution is 7.10. The Hall–Kier alpha value is -1.40. The second-order valence-corrected chi connectivity index (χ2v) is 5.53. The second kappa shape index (κ2) is 6.68. The van der Waals surface area contributed by atoms with Crippen molar-refractivity contribution in [1.29, 1.82) is 0 Å². The van der Waals surface area contributed by atoms with E-state index >= 15 is 0 Å². The first-order chi connectivity index (χ1) is 9.20. The van der Waals surface area contributed by atoms with Crippen molar-refractivity contribution in [3.8, 4) is 0 Å². The van der Waals surface area contributed by atoms with Crippen LogP contribution >= 0.6 is 11.3 Å². The average Bonchev–Trinajstić information content (AvgIpc) is 2.98. The summed E-state index contributed by atoms with van der Waals surface area (Å²) >= 11 is 1.72. The van der Waals surface area contributed by atoms with Crippen molar-refractivity contribution >= 4 is 23.3 Å². The molecule has 1 aromatic rings. The van der Waals surface area contributed by atoms with Gasteiger partial charge < -0.3 is 5.32 Å². The summed E-state index contributed by atoms with van der Waals surface area (Å²) in [5.74, 6) is -0.241. The van der Waals surface area contributed by atoms with Crippen LogP contribution in [0.1, 0.15) is 30.7 Å². The number of rotatable bonds is 4. The van der Waals surface area contributed by atoms with E-state index in [1.54, 1.807) is 11.3 Å². The lowest BCUT2D eigenvalue weighted by Crippen LogP contribution is -2.44. The maximum absolute atomic E-state index is 11.8. The monoisotopic (exact) mass is 281 g/mol. The van der Waals surface area contributed by atoms with E-state index in [0.717, 1.165) is 19.4 Å². The first kappa shape index (κ1) is 14.0. The molecule has 1 unspecified atom stereocenters. The highest BCUT2D eigenvalue weighted by atomic mass is 32.1. The molecule has 2 heterocycles. The van der Waals surface area contributed by atoms with Crippen LogP contribution in [-0.4, -0.2) is 36.5 Å². The minimum absolute atomic E-state index is 0.241. The van der Waals surface area contributed by atoms with E-state index in [2.05, 4.69) is 27.0 Å². The first-order valence-electron chi connectivity index (χ1n) is 6.56. The quantitative estimate of drug-likeness (QED) is 0.883. The SMILES string of the molecule is CCNC(=O)NC(=O)CN1CCCC1c1cccs1. The number of carbonyl (C=O) groups is 2. The highest BCUT2D eigenvalue weighted by Crippen LogP contribution is 2.33. The second-order valence-electron chi connectivity index (χ2n) is 4.55. The zero-order chi connectivity index (χ0) is 13.7. The molecule has 1 saturated heterocycles. The van der Waals surface area contributed by atoms with Gasteiger partial charge in [-0.1, -0.05) is 6.07 Å². The topological polar surface area (TPSA) is 61.4 Å². The van der Waals surface area contributed by atoms with Gasteiger partial charge in [0.05, 0.1) is 6.54 Å². The summed E-state index contributed by atoms with van der Waals surface area (Å²) in [6.07, 6.45) is 2.17. The molecule has 19 heavy (non-hydrogen) atoms. The van der Waals surface area contributed by atoms with Gasteiger partial charge in [-0.15, -0.1) is 11.3 Å². The predicted octanol–water partition coefficient (Wildman–Crippen LogP) is 1.73. The molecule has 3 amide bonds. The summed E-state index contributed by atoms with van der Waals surface area (Å²) < 4.78 is 0. The minimum Gasteiger partial charge on any atom is -0.338 e. The molecule has 5 nitrogen and oxygen atoms in total. The van der Waals surface area contributed by atoms with Crippen molar-refractivity contribution in [2.75, 3.05) is 19.6 Å². The van der Waals surface area contributed by atoms with Gasteiger partial charge in [-0.25, -0.2) is 4.79 Å². The van der Waals surface area contributed by atoms with Crippen LogP contribution in [0.3, 0.4) is 0 Å². The molecule has 6 heteroatoms. The zero-order valence-electron chi connectivity index (χ0n) is 11.0. The Kier molecular flexibility index (Phi) is 4.93. The van der Waals surface area contributed by atoms with Gasteiger partial charge in [0.1, 0.15) is 0 Å². The Balaban J connectivity index is 1.87. The Morgan fingerprint density at radius 3 is 3.05 bits per heavy atom. The molecule has 0 radical (unpaired) electrons. The lowest BCUT2D eigenvalue weighted by molar-refractivity contribution is -0.121. The normalized spacial score (nSPS) is 19.3. The smallest absolute Gasteiger partial charge is 0.321 e. The van der Waals surface area contributed by atoms with Crippen LogP contribution in [0.4, 0.5) is 4.79 Å². The molecule has 1 aliphatic rings. The van der Waals surface area contributed by atoms with E-state index in [1.807, 2.05) is 13.0 Å². The Morgan fingerprint density at radius 1 is 1.53 bits per heavy atom. The molecule has 0 saturated carbocycles. The van der Waals surface area contributed by atoms with E-state index in [0.29, 0.717) is 12.6 Å². The van der Waals surface area contributed by atoms with Crippen LogP contribution in [0, 0.1) is 0 Å². The predicted molar refractivity (Wildman–Crippen MR) is 75.1 cm³/mol. The molecule has 0 aromatic carbocycles. The number of urea groups is 1. The number of imide groups is 1. The van der Waals surface area contributed by atoms with Crippen molar-refractivity contribution in [2.24, 2.45) is 0 Å². The molecule has 1 aromatic heterocycles. The van der Waals surface area contributed by atoms with Crippen LogP contribution in [0.2, 0.25) is 0 Å². The average molecular weight is 281 g/mol. The number of likely N-dealkylation sites (tertiary alicyclic amines) is 1. The van der Waals surface area contributed by atoms with Crippen LogP contribution in [0.25, 0.3) is 0 Å². The number of thiophene rings is 1. The van der Waals surface area contributed by atoms with E-state index in [4.69, 9.17) is 0 Å². The van der Waals surface area contributed by atoms with Gasteiger partial charge in [0.25, 0.3) is 0 Å². The largest absolute Gasteiger partial charge is 0.338 e. The Morgan fingerprint density at radius 2 is 2.37 bits per heavy atom. The van der Waals surface area contributed by atoms with Crippen LogP contribution in [0.15, 0.2) is 17.5 Å². The number of carbonyl (C=O) groups excluding carboxylic acids is 2. The van der Waals surface area contributed by atoms with Gasteiger partial charge >= 0.3 is 6.03 Å². The maximum Gasteiger partial charge on any atom is 0.321 e. The molecule has 0 aliphatic carbocycles. The summed E-state index contributed by atoms with van der Waals surface area (Å²) in [4.78, 5) is 26.5. The van der Waals surface area contributed by atoms with Crippen LogP contribution in [0.5, 0.6) is 0 Å². The molecule has 1 atom stereocenters.